The van der Waals surface area contributed by atoms with E-state index in [0.29, 0.717) is 13.0 Å². The number of halogens is 1. The summed E-state index contributed by atoms with van der Waals surface area (Å²) in [4.78, 5) is 14.8. The van der Waals surface area contributed by atoms with Crippen LogP contribution in [0, 0.1) is 0 Å². The molecule has 2 aromatic carbocycles. The van der Waals surface area contributed by atoms with Crippen LogP contribution in [0.15, 0.2) is 48.5 Å². The van der Waals surface area contributed by atoms with Crippen LogP contribution in [0.2, 0.25) is 5.02 Å². The topological polar surface area (TPSA) is 41.6 Å². The van der Waals surface area contributed by atoms with Gasteiger partial charge in [-0.1, -0.05) is 35.9 Å². The lowest BCUT2D eigenvalue weighted by atomic mass is 10.1. The summed E-state index contributed by atoms with van der Waals surface area (Å²) in [5.74, 6) is 0.912. The van der Waals surface area contributed by atoms with Crippen LogP contribution in [0.25, 0.3) is 0 Å². The van der Waals surface area contributed by atoms with Crippen molar-refractivity contribution in [3.63, 3.8) is 0 Å². The van der Waals surface area contributed by atoms with Gasteiger partial charge in [0.25, 0.3) is 0 Å². The number of carbonyl (C=O) groups excluding carboxylic acids is 1. The third-order valence-electron chi connectivity index (χ3n) is 5.11. The van der Waals surface area contributed by atoms with Crippen molar-refractivity contribution in [2.75, 3.05) is 26.7 Å². The molecule has 144 valence electrons. The molecule has 1 saturated heterocycles. The second-order valence-electron chi connectivity index (χ2n) is 6.97. The summed E-state index contributed by atoms with van der Waals surface area (Å²) in [6.07, 6.45) is 3.63. The summed E-state index contributed by atoms with van der Waals surface area (Å²) >= 11 is 6.18. The Kier molecular flexibility index (Phi) is 7.13. The Morgan fingerprint density at radius 2 is 1.93 bits per heavy atom. The molecule has 1 unspecified atom stereocenters. The van der Waals surface area contributed by atoms with Crippen LogP contribution >= 0.6 is 11.6 Å². The monoisotopic (exact) mass is 386 g/mol. The third-order valence-corrected chi connectivity index (χ3v) is 5.34. The van der Waals surface area contributed by atoms with E-state index in [1.807, 2.05) is 42.5 Å². The molecule has 1 N–H and O–H groups in total. The molecule has 0 bridgehead atoms. The molecule has 1 atom stereocenters. The number of hydrogen-bond acceptors (Lipinski definition) is 3. The number of amides is 1. The number of hydrogen-bond donors (Lipinski definition) is 1. The quantitative estimate of drug-likeness (QED) is 0.738. The van der Waals surface area contributed by atoms with Gasteiger partial charge in [-0.05, 0) is 67.7 Å². The maximum Gasteiger partial charge on any atom is 0.220 e. The highest BCUT2D eigenvalue weighted by Gasteiger charge is 2.24. The number of aryl methyl sites for hydroxylation is 1. The van der Waals surface area contributed by atoms with Crippen LogP contribution in [0.4, 0.5) is 0 Å². The molecule has 3 rings (SSSR count). The van der Waals surface area contributed by atoms with Crippen LogP contribution in [0.5, 0.6) is 5.75 Å². The molecule has 1 aliphatic rings. The highest BCUT2D eigenvalue weighted by molar-refractivity contribution is 6.30. The van der Waals surface area contributed by atoms with Crippen molar-refractivity contribution < 1.29 is 9.53 Å². The average molecular weight is 387 g/mol. The zero-order valence-electron chi connectivity index (χ0n) is 15.8. The van der Waals surface area contributed by atoms with Crippen molar-refractivity contribution in [1.29, 1.82) is 0 Å². The van der Waals surface area contributed by atoms with E-state index >= 15 is 0 Å². The summed E-state index contributed by atoms with van der Waals surface area (Å²) in [7, 11) is 1.65. The molecule has 0 aromatic heterocycles. The first-order valence-electron chi connectivity index (χ1n) is 9.55. The maximum absolute atomic E-state index is 12.4. The summed E-state index contributed by atoms with van der Waals surface area (Å²) in [6.45, 7) is 2.75. The van der Waals surface area contributed by atoms with E-state index in [4.69, 9.17) is 16.3 Å². The molecule has 0 spiro atoms. The molecular formula is C22H27ClN2O2. The predicted octanol–water partition coefficient (Wildman–Crippen LogP) is 4.23. The maximum atomic E-state index is 12.4. The third kappa shape index (κ3) is 5.72. The van der Waals surface area contributed by atoms with Gasteiger partial charge in [-0.25, -0.2) is 0 Å². The highest BCUT2D eigenvalue weighted by atomic mass is 35.5. The van der Waals surface area contributed by atoms with E-state index in [9.17, 15) is 4.79 Å². The van der Waals surface area contributed by atoms with Crippen molar-refractivity contribution >= 4 is 17.5 Å². The zero-order valence-corrected chi connectivity index (χ0v) is 16.5. The first-order chi connectivity index (χ1) is 13.2. The first-order valence-corrected chi connectivity index (χ1v) is 9.92. The Bertz CT molecular complexity index is 742. The SMILES string of the molecule is COc1ccc(CCC(=O)NCC(c2cccc(Cl)c2)N2CCCC2)cc1. The molecule has 4 nitrogen and oxygen atoms in total. The average Bonchev–Trinajstić information content (AvgIpc) is 3.21. The Balaban J connectivity index is 1.55. The molecule has 1 amide bonds. The minimum Gasteiger partial charge on any atom is -0.497 e. The van der Waals surface area contributed by atoms with Gasteiger partial charge < -0.3 is 10.1 Å². The van der Waals surface area contributed by atoms with Gasteiger partial charge in [-0.2, -0.15) is 0 Å². The van der Waals surface area contributed by atoms with Gasteiger partial charge in [-0.15, -0.1) is 0 Å². The van der Waals surface area contributed by atoms with Crippen molar-refractivity contribution in [3.8, 4) is 5.75 Å². The summed E-state index contributed by atoms with van der Waals surface area (Å²) in [5.41, 5.74) is 2.30. The van der Waals surface area contributed by atoms with E-state index in [-0.39, 0.29) is 11.9 Å². The fourth-order valence-corrected chi connectivity index (χ4v) is 3.77. The zero-order chi connectivity index (χ0) is 19.1. The first kappa shape index (κ1) is 19.7. The van der Waals surface area contributed by atoms with Crippen molar-refractivity contribution in [1.82, 2.24) is 10.2 Å². The molecule has 1 aliphatic heterocycles. The molecule has 5 heteroatoms. The van der Waals surface area contributed by atoms with E-state index in [1.54, 1.807) is 7.11 Å². The van der Waals surface area contributed by atoms with Crippen LogP contribution in [-0.4, -0.2) is 37.6 Å². The number of likely N-dealkylation sites (tertiary alicyclic amines) is 1. The van der Waals surface area contributed by atoms with E-state index in [0.717, 1.165) is 35.8 Å². The number of ether oxygens (including phenoxy) is 1. The van der Waals surface area contributed by atoms with Gasteiger partial charge in [-0.3, -0.25) is 9.69 Å². The number of carbonyl (C=O) groups is 1. The van der Waals surface area contributed by atoms with Gasteiger partial charge >= 0.3 is 0 Å². The molecule has 27 heavy (non-hydrogen) atoms. The molecule has 2 aromatic rings. The lowest BCUT2D eigenvalue weighted by molar-refractivity contribution is -0.121. The van der Waals surface area contributed by atoms with Crippen LogP contribution < -0.4 is 10.1 Å². The minimum atomic E-state index is 0.0806. The Labute approximate surface area is 166 Å². The molecule has 1 heterocycles. The fraction of sp³-hybridized carbons (Fsp3) is 0.409. The normalized spacial score (nSPS) is 15.5. The standard InChI is InChI=1S/C22H27ClN2O2/c1-27-20-10-7-17(8-11-20)9-12-22(26)24-16-21(25-13-2-3-14-25)18-5-4-6-19(23)15-18/h4-8,10-11,15,21H,2-3,9,12-14,16H2,1H3,(H,24,26). The minimum absolute atomic E-state index is 0.0806. The number of rotatable bonds is 8. The predicted molar refractivity (Wildman–Crippen MR) is 109 cm³/mol. The lowest BCUT2D eigenvalue weighted by Crippen LogP contribution is -2.36. The van der Waals surface area contributed by atoms with Crippen LogP contribution in [-0.2, 0) is 11.2 Å². The van der Waals surface area contributed by atoms with E-state index in [1.165, 1.54) is 18.4 Å². The second kappa shape index (κ2) is 9.77. The van der Waals surface area contributed by atoms with E-state index < -0.39 is 0 Å². The summed E-state index contributed by atoms with van der Waals surface area (Å²) < 4.78 is 5.17. The Hall–Kier alpha value is -2.04. The summed E-state index contributed by atoms with van der Waals surface area (Å²) in [6, 6.07) is 16.0. The lowest BCUT2D eigenvalue weighted by Gasteiger charge is -2.28. The van der Waals surface area contributed by atoms with Crippen LogP contribution in [0.3, 0.4) is 0 Å². The second-order valence-corrected chi connectivity index (χ2v) is 7.40. The van der Waals surface area contributed by atoms with Gasteiger partial charge in [0.05, 0.1) is 13.2 Å². The fourth-order valence-electron chi connectivity index (χ4n) is 3.57. The number of nitrogens with zero attached hydrogens (tertiary/aromatic N) is 1. The van der Waals surface area contributed by atoms with Gasteiger partial charge in [0, 0.05) is 18.0 Å². The molecule has 0 radical (unpaired) electrons. The Morgan fingerprint density at radius 3 is 2.59 bits per heavy atom. The van der Waals surface area contributed by atoms with Crippen molar-refractivity contribution in [2.24, 2.45) is 0 Å². The highest BCUT2D eigenvalue weighted by Crippen LogP contribution is 2.26. The van der Waals surface area contributed by atoms with Gasteiger partial charge in [0.1, 0.15) is 5.75 Å². The molecule has 0 aliphatic carbocycles. The van der Waals surface area contributed by atoms with Gasteiger partial charge in [0.2, 0.25) is 5.91 Å². The van der Waals surface area contributed by atoms with Crippen molar-refractivity contribution in [3.05, 3.63) is 64.7 Å². The number of nitrogens with one attached hydrogen (secondary N) is 1. The van der Waals surface area contributed by atoms with E-state index in [2.05, 4.69) is 16.3 Å². The number of methoxy groups -OCH3 is 1. The van der Waals surface area contributed by atoms with Crippen molar-refractivity contribution in [2.45, 2.75) is 31.7 Å². The van der Waals surface area contributed by atoms with Gasteiger partial charge in [0.15, 0.2) is 0 Å². The number of benzene rings is 2. The Morgan fingerprint density at radius 1 is 1.19 bits per heavy atom. The van der Waals surface area contributed by atoms with Crippen LogP contribution in [0.1, 0.15) is 36.4 Å². The summed E-state index contributed by atoms with van der Waals surface area (Å²) in [5, 5.41) is 3.86. The molecular weight excluding hydrogens is 360 g/mol. The largest absolute Gasteiger partial charge is 0.497 e. The molecule has 0 saturated carbocycles. The smallest absolute Gasteiger partial charge is 0.220 e. The molecule has 1 fully saturated rings.